The number of carbonyl (C=O) groups excluding carboxylic acids is 1. The van der Waals surface area contributed by atoms with Gasteiger partial charge in [-0.3, -0.25) is 9.69 Å². The quantitative estimate of drug-likeness (QED) is 0.815. The number of rotatable bonds is 6. The first kappa shape index (κ1) is 17.6. The Balaban J connectivity index is 1.86. The number of hydrogen-bond donors (Lipinski definition) is 1. The van der Waals surface area contributed by atoms with Gasteiger partial charge in [-0.1, -0.05) is 6.08 Å². The van der Waals surface area contributed by atoms with Gasteiger partial charge in [0, 0.05) is 38.8 Å². The average Bonchev–Trinajstić information content (AvgIpc) is 2.53. The predicted octanol–water partition coefficient (Wildman–Crippen LogP) is 2.05. The summed E-state index contributed by atoms with van der Waals surface area (Å²) in [5.74, 6) is -1.95. The van der Waals surface area contributed by atoms with Gasteiger partial charge in [-0.25, -0.2) is 8.78 Å². The zero-order chi connectivity index (χ0) is 16.8. The van der Waals surface area contributed by atoms with Crippen LogP contribution in [0, 0.1) is 11.6 Å². The van der Waals surface area contributed by atoms with Gasteiger partial charge in [0.05, 0.1) is 11.7 Å². The number of allylic oxidation sites excluding steroid dienone is 1. The second-order valence-electron chi connectivity index (χ2n) is 5.74. The summed E-state index contributed by atoms with van der Waals surface area (Å²) in [6.07, 6.45) is 2.80. The molecular weight excluding hydrogens is 302 g/mol. The van der Waals surface area contributed by atoms with E-state index in [1.54, 1.807) is 11.0 Å². The molecule has 0 aliphatic carbocycles. The monoisotopic (exact) mass is 324 g/mol. The normalized spacial score (nSPS) is 17.1. The maximum Gasteiger partial charge on any atom is 0.256 e. The number of aliphatic hydroxyl groups is 1. The van der Waals surface area contributed by atoms with Crippen molar-refractivity contribution < 1.29 is 18.7 Å². The Labute approximate surface area is 135 Å². The standard InChI is InChI=1S/C17H22F2N2O2/c1-2-3-4-14(22)12-20-7-9-21(10-8-20)17(23)15-6-5-13(18)11-16(15)19/h2,5-6,11,14,22H,1,3-4,7-10,12H2. The molecule has 126 valence electrons. The van der Waals surface area contributed by atoms with Crippen LogP contribution in [0.15, 0.2) is 30.9 Å². The molecule has 0 aromatic heterocycles. The number of β-amino-alcohol motifs (C(OH)–C–C–N with tert-alkyl or cyclic N) is 1. The van der Waals surface area contributed by atoms with Crippen molar-refractivity contribution in [2.24, 2.45) is 0 Å². The number of amides is 1. The van der Waals surface area contributed by atoms with Crippen LogP contribution in [0.4, 0.5) is 8.78 Å². The van der Waals surface area contributed by atoms with E-state index in [0.717, 1.165) is 18.6 Å². The van der Waals surface area contributed by atoms with Crippen molar-refractivity contribution in [2.45, 2.75) is 18.9 Å². The van der Waals surface area contributed by atoms with Crippen molar-refractivity contribution in [3.63, 3.8) is 0 Å². The summed E-state index contributed by atoms with van der Waals surface area (Å²) in [5.41, 5.74) is -0.106. The number of halogens is 2. The van der Waals surface area contributed by atoms with Crippen LogP contribution in [0.1, 0.15) is 23.2 Å². The van der Waals surface area contributed by atoms with Crippen molar-refractivity contribution in [1.29, 1.82) is 0 Å². The molecule has 0 spiro atoms. The molecule has 1 aliphatic rings. The fraction of sp³-hybridized carbons (Fsp3) is 0.471. The van der Waals surface area contributed by atoms with Crippen LogP contribution in [0.25, 0.3) is 0 Å². The smallest absolute Gasteiger partial charge is 0.256 e. The number of nitrogens with zero attached hydrogens (tertiary/aromatic N) is 2. The van der Waals surface area contributed by atoms with Gasteiger partial charge in [-0.15, -0.1) is 6.58 Å². The molecule has 1 fully saturated rings. The van der Waals surface area contributed by atoms with Gasteiger partial charge in [0.25, 0.3) is 5.91 Å². The van der Waals surface area contributed by atoms with Crippen LogP contribution in [-0.4, -0.2) is 59.6 Å². The third-order valence-electron chi connectivity index (χ3n) is 3.99. The Kier molecular flexibility index (Phi) is 6.24. The third-order valence-corrected chi connectivity index (χ3v) is 3.99. The molecule has 1 aliphatic heterocycles. The maximum absolute atomic E-state index is 13.7. The lowest BCUT2D eigenvalue weighted by Crippen LogP contribution is -2.50. The molecule has 6 heteroatoms. The number of hydrogen-bond acceptors (Lipinski definition) is 3. The fourth-order valence-corrected chi connectivity index (χ4v) is 2.67. The van der Waals surface area contributed by atoms with E-state index in [1.807, 2.05) is 0 Å². The minimum atomic E-state index is -0.836. The first-order chi connectivity index (χ1) is 11.0. The van der Waals surface area contributed by atoms with E-state index in [0.29, 0.717) is 39.1 Å². The highest BCUT2D eigenvalue weighted by molar-refractivity contribution is 5.94. The summed E-state index contributed by atoms with van der Waals surface area (Å²) < 4.78 is 26.6. The van der Waals surface area contributed by atoms with E-state index in [2.05, 4.69) is 11.5 Å². The number of carbonyl (C=O) groups is 1. The lowest BCUT2D eigenvalue weighted by atomic mass is 10.1. The second-order valence-corrected chi connectivity index (χ2v) is 5.74. The molecule has 23 heavy (non-hydrogen) atoms. The fourth-order valence-electron chi connectivity index (χ4n) is 2.67. The Bertz CT molecular complexity index is 558. The molecule has 1 heterocycles. The zero-order valence-electron chi connectivity index (χ0n) is 13.0. The molecule has 1 atom stereocenters. The average molecular weight is 324 g/mol. The van der Waals surface area contributed by atoms with Gasteiger partial charge in [0.2, 0.25) is 0 Å². The zero-order valence-corrected chi connectivity index (χ0v) is 13.0. The second kappa shape index (κ2) is 8.17. The van der Waals surface area contributed by atoms with Crippen molar-refractivity contribution in [3.8, 4) is 0 Å². The molecule has 4 nitrogen and oxygen atoms in total. The highest BCUT2D eigenvalue weighted by Gasteiger charge is 2.25. The van der Waals surface area contributed by atoms with Gasteiger partial charge in [0.1, 0.15) is 11.6 Å². The van der Waals surface area contributed by atoms with Gasteiger partial charge in [0.15, 0.2) is 0 Å². The van der Waals surface area contributed by atoms with E-state index in [-0.39, 0.29) is 5.56 Å². The Morgan fingerprint density at radius 1 is 1.30 bits per heavy atom. The van der Waals surface area contributed by atoms with Gasteiger partial charge in [-0.05, 0) is 25.0 Å². The summed E-state index contributed by atoms with van der Waals surface area (Å²) in [7, 11) is 0. The van der Waals surface area contributed by atoms with Crippen LogP contribution in [0.3, 0.4) is 0 Å². The number of aliphatic hydroxyl groups excluding tert-OH is 1. The largest absolute Gasteiger partial charge is 0.392 e. The Morgan fingerprint density at radius 2 is 2.00 bits per heavy atom. The lowest BCUT2D eigenvalue weighted by molar-refractivity contribution is 0.0514. The first-order valence-electron chi connectivity index (χ1n) is 7.77. The molecule has 0 saturated carbocycles. The Morgan fingerprint density at radius 3 is 2.61 bits per heavy atom. The SMILES string of the molecule is C=CCCC(O)CN1CCN(C(=O)c2ccc(F)cc2F)CC1. The molecular formula is C17H22F2N2O2. The minimum Gasteiger partial charge on any atom is -0.392 e. The molecule has 1 saturated heterocycles. The third kappa shape index (κ3) is 4.84. The van der Waals surface area contributed by atoms with Crippen LogP contribution in [-0.2, 0) is 0 Å². The van der Waals surface area contributed by atoms with E-state index < -0.39 is 23.6 Å². The summed E-state index contributed by atoms with van der Waals surface area (Å²) in [4.78, 5) is 15.9. The molecule has 2 rings (SSSR count). The summed E-state index contributed by atoms with van der Waals surface area (Å²) in [5, 5.41) is 9.89. The van der Waals surface area contributed by atoms with Crippen molar-refractivity contribution in [2.75, 3.05) is 32.7 Å². The topological polar surface area (TPSA) is 43.8 Å². The summed E-state index contributed by atoms with van der Waals surface area (Å²) in [6.45, 7) is 6.36. The highest BCUT2D eigenvalue weighted by Crippen LogP contribution is 2.14. The highest BCUT2D eigenvalue weighted by atomic mass is 19.1. The van der Waals surface area contributed by atoms with Gasteiger partial charge >= 0.3 is 0 Å². The maximum atomic E-state index is 13.7. The predicted molar refractivity (Wildman–Crippen MR) is 84.1 cm³/mol. The molecule has 0 bridgehead atoms. The van der Waals surface area contributed by atoms with E-state index in [1.165, 1.54) is 6.07 Å². The first-order valence-corrected chi connectivity index (χ1v) is 7.77. The Hall–Kier alpha value is -1.79. The summed E-state index contributed by atoms with van der Waals surface area (Å²) in [6, 6.07) is 2.99. The van der Waals surface area contributed by atoms with E-state index >= 15 is 0 Å². The van der Waals surface area contributed by atoms with E-state index in [9.17, 15) is 18.7 Å². The van der Waals surface area contributed by atoms with Gasteiger partial charge in [-0.2, -0.15) is 0 Å². The van der Waals surface area contributed by atoms with Crippen LogP contribution in [0.5, 0.6) is 0 Å². The number of benzene rings is 1. The van der Waals surface area contributed by atoms with E-state index in [4.69, 9.17) is 0 Å². The molecule has 1 amide bonds. The number of piperazine rings is 1. The van der Waals surface area contributed by atoms with Gasteiger partial charge < -0.3 is 10.0 Å². The molecule has 1 aromatic rings. The minimum absolute atomic E-state index is 0.106. The van der Waals surface area contributed by atoms with Crippen molar-refractivity contribution >= 4 is 5.91 Å². The van der Waals surface area contributed by atoms with Crippen LogP contribution >= 0.6 is 0 Å². The lowest BCUT2D eigenvalue weighted by Gasteiger charge is -2.35. The molecule has 0 radical (unpaired) electrons. The molecule has 1 unspecified atom stereocenters. The van der Waals surface area contributed by atoms with Crippen molar-refractivity contribution in [3.05, 3.63) is 48.1 Å². The molecule has 1 N–H and O–H groups in total. The van der Waals surface area contributed by atoms with Crippen LogP contribution in [0.2, 0.25) is 0 Å². The van der Waals surface area contributed by atoms with Crippen LogP contribution < -0.4 is 0 Å². The summed E-state index contributed by atoms with van der Waals surface area (Å²) >= 11 is 0. The molecule has 1 aromatic carbocycles. The van der Waals surface area contributed by atoms with Crippen molar-refractivity contribution in [1.82, 2.24) is 9.80 Å².